The van der Waals surface area contributed by atoms with E-state index in [-0.39, 0.29) is 18.4 Å². The summed E-state index contributed by atoms with van der Waals surface area (Å²) in [5, 5.41) is 8.20. The summed E-state index contributed by atoms with van der Waals surface area (Å²) >= 11 is 1.70. The quantitative estimate of drug-likeness (QED) is 0.187. The molecule has 2 heterocycles. The molecule has 2 N–H and O–H groups in total. The maximum Gasteiger partial charge on any atom is 0.277 e. The lowest BCUT2D eigenvalue weighted by Crippen LogP contribution is -2.24. The van der Waals surface area contributed by atoms with E-state index in [4.69, 9.17) is 9.47 Å². The molecule has 0 radical (unpaired) electrons. The van der Waals surface area contributed by atoms with Gasteiger partial charge in [-0.3, -0.25) is 9.59 Å². The summed E-state index contributed by atoms with van der Waals surface area (Å²) in [5.41, 5.74) is 9.13. The molecule has 0 fully saturated rings. The third kappa shape index (κ3) is 6.20. The summed E-state index contributed by atoms with van der Waals surface area (Å²) in [4.78, 5) is 27.3. The standard InChI is InChI=1S/C32H34N4O4S/c1-20-13-15-24(16-14-20)34-31(38)30-25-9-5-8-12-28(25)41-32(30)36-21(2)17-23(22(36)3)18-33-35-29(37)19-40-27-11-7-6-10-26(27)39-4/h6-7,10-11,13-18H,5,8-9,12,19H2,1-4H3,(H,34,38)(H,35,37)/b33-18+. The molecule has 0 saturated carbocycles. The maximum atomic E-state index is 13.7. The third-order valence-electron chi connectivity index (χ3n) is 7.18. The molecule has 41 heavy (non-hydrogen) atoms. The Hall–Kier alpha value is -4.37. The molecule has 0 bridgehead atoms. The van der Waals surface area contributed by atoms with Crippen molar-refractivity contribution < 1.29 is 19.1 Å². The van der Waals surface area contributed by atoms with Crippen molar-refractivity contribution >= 4 is 35.1 Å². The molecule has 2 aromatic carbocycles. The average molecular weight is 571 g/mol. The third-order valence-corrected chi connectivity index (χ3v) is 8.46. The lowest BCUT2D eigenvalue weighted by molar-refractivity contribution is -0.123. The topological polar surface area (TPSA) is 93.9 Å². The van der Waals surface area contributed by atoms with Gasteiger partial charge in [0.25, 0.3) is 11.8 Å². The average Bonchev–Trinajstić information content (AvgIpc) is 3.49. The van der Waals surface area contributed by atoms with E-state index < -0.39 is 0 Å². The highest BCUT2D eigenvalue weighted by molar-refractivity contribution is 7.15. The van der Waals surface area contributed by atoms with E-state index in [2.05, 4.69) is 20.4 Å². The number of aryl methyl sites for hydroxylation is 3. The van der Waals surface area contributed by atoms with Crippen LogP contribution >= 0.6 is 11.3 Å². The maximum absolute atomic E-state index is 13.7. The molecular formula is C32H34N4O4S. The van der Waals surface area contributed by atoms with Crippen LogP contribution in [-0.2, 0) is 17.6 Å². The molecule has 9 heteroatoms. The number of fused-ring (bicyclic) bond motifs is 1. The normalized spacial score (nSPS) is 12.7. The van der Waals surface area contributed by atoms with E-state index in [1.165, 1.54) is 4.88 Å². The number of methoxy groups -OCH3 is 1. The van der Waals surface area contributed by atoms with Gasteiger partial charge in [-0.15, -0.1) is 11.3 Å². The van der Waals surface area contributed by atoms with Crippen LogP contribution in [0.25, 0.3) is 5.00 Å². The summed E-state index contributed by atoms with van der Waals surface area (Å²) < 4.78 is 12.9. The van der Waals surface area contributed by atoms with E-state index in [1.54, 1.807) is 36.8 Å². The van der Waals surface area contributed by atoms with Crippen molar-refractivity contribution in [3.05, 3.63) is 93.1 Å². The fraction of sp³-hybridized carbons (Fsp3) is 0.281. The Morgan fingerprint density at radius 3 is 2.51 bits per heavy atom. The molecule has 1 aliphatic carbocycles. The first kappa shape index (κ1) is 28.2. The van der Waals surface area contributed by atoms with E-state index in [9.17, 15) is 9.59 Å². The minimum atomic E-state index is -0.387. The number of nitrogens with zero attached hydrogens (tertiary/aromatic N) is 2. The molecule has 4 aromatic rings. The molecule has 5 rings (SSSR count). The highest BCUT2D eigenvalue weighted by atomic mass is 32.1. The van der Waals surface area contributed by atoms with Crippen molar-refractivity contribution in [3.63, 3.8) is 0 Å². The Labute approximate surface area is 244 Å². The lowest BCUT2D eigenvalue weighted by Gasteiger charge is -2.14. The predicted octanol–water partition coefficient (Wildman–Crippen LogP) is 6.13. The number of carbonyl (C=O) groups is 2. The molecule has 212 valence electrons. The van der Waals surface area contributed by atoms with Crippen molar-refractivity contribution in [1.29, 1.82) is 0 Å². The number of nitrogens with one attached hydrogen (secondary N) is 2. The van der Waals surface area contributed by atoms with Gasteiger partial charge in [0.15, 0.2) is 18.1 Å². The number of amides is 2. The predicted molar refractivity (Wildman–Crippen MR) is 163 cm³/mol. The number of benzene rings is 2. The van der Waals surface area contributed by atoms with Gasteiger partial charge in [0.1, 0.15) is 5.00 Å². The Bertz CT molecular complexity index is 1600. The molecule has 8 nitrogen and oxygen atoms in total. The number of hydrogen-bond donors (Lipinski definition) is 2. The van der Waals surface area contributed by atoms with Gasteiger partial charge in [-0.1, -0.05) is 29.8 Å². The molecule has 0 aliphatic heterocycles. The Morgan fingerprint density at radius 1 is 1.02 bits per heavy atom. The van der Waals surface area contributed by atoms with Crippen LogP contribution in [0, 0.1) is 20.8 Å². The van der Waals surface area contributed by atoms with Gasteiger partial charge in [-0.25, -0.2) is 5.43 Å². The monoisotopic (exact) mass is 570 g/mol. The summed E-state index contributed by atoms with van der Waals surface area (Å²) in [6.45, 7) is 5.85. The minimum Gasteiger partial charge on any atom is -0.493 e. The summed E-state index contributed by atoms with van der Waals surface area (Å²) in [6, 6.07) is 17.0. The van der Waals surface area contributed by atoms with Gasteiger partial charge in [0.05, 0.1) is 18.9 Å². The zero-order valence-electron chi connectivity index (χ0n) is 23.7. The van der Waals surface area contributed by atoms with E-state index in [0.717, 1.165) is 70.0 Å². The van der Waals surface area contributed by atoms with Gasteiger partial charge >= 0.3 is 0 Å². The Morgan fingerprint density at radius 2 is 1.76 bits per heavy atom. The number of carbonyl (C=O) groups excluding carboxylic acids is 2. The van der Waals surface area contributed by atoms with Crippen LogP contribution in [-0.4, -0.2) is 36.3 Å². The van der Waals surface area contributed by atoms with Crippen molar-refractivity contribution in [2.24, 2.45) is 5.10 Å². The summed E-state index contributed by atoms with van der Waals surface area (Å²) in [5.74, 6) is 0.562. The molecular weight excluding hydrogens is 536 g/mol. The second-order valence-corrected chi connectivity index (χ2v) is 11.2. The van der Waals surface area contributed by atoms with Crippen LogP contribution in [0.4, 0.5) is 5.69 Å². The Kier molecular flexibility index (Phi) is 8.54. The number of anilines is 1. The second kappa shape index (κ2) is 12.4. The SMILES string of the molecule is COc1ccccc1OCC(=O)N/N=C/c1cc(C)n(-c2sc3c(c2C(=O)Nc2ccc(C)cc2)CCCC3)c1C. The smallest absolute Gasteiger partial charge is 0.277 e. The van der Waals surface area contributed by atoms with Gasteiger partial charge in [-0.05, 0) is 82.3 Å². The van der Waals surface area contributed by atoms with Crippen LogP contribution in [0.2, 0.25) is 0 Å². The number of thiophene rings is 1. The van der Waals surface area contributed by atoms with Gasteiger partial charge in [0.2, 0.25) is 0 Å². The first-order valence-electron chi connectivity index (χ1n) is 13.6. The lowest BCUT2D eigenvalue weighted by atomic mass is 9.95. The van der Waals surface area contributed by atoms with Crippen LogP contribution in [0.1, 0.15) is 56.2 Å². The zero-order chi connectivity index (χ0) is 28.9. The van der Waals surface area contributed by atoms with E-state index >= 15 is 0 Å². The van der Waals surface area contributed by atoms with Gasteiger partial charge in [0, 0.05) is 27.5 Å². The van der Waals surface area contributed by atoms with Crippen LogP contribution in [0.3, 0.4) is 0 Å². The van der Waals surface area contributed by atoms with Crippen molar-refractivity contribution in [3.8, 4) is 16.5 Å². The first-order chi connectivity index (χ1) is 19.9. The largest absolute Gasteiger partial charge is 0.493 e. The van der Waals surface area contributed by atoms with Gasteiger partial charge < -0.3 is 19.4 Å². The minimum absolute atomic E-state index is 0.0896. The molecule has 0 atom stereocenters. The molecule has 2 amide bonds. The van der Waals surface area contributed by atoms with Crippen molar-refractivity contribution in [1.82, 2.24) is 9.99 Å². The first-order valence-corrected chi connectivity index (χ1v) is 14.5. The molecule has 2 aromatic heterocycles. The number of para-hydroxylation sites is 2. The van der Waals surface area contributed by atoms with Crippen LogP contribution in [0.5, 0.6) is 11.5 Å². The van der Waals surface area contributed by atoms with Crippen LogP contribution in [0.15, 0.2) is 59.7 Å². The molecule has 0 saturated heterocycles. The summed E-state index contributed by atoms with van der Waals surface area (Å²) in [6.07, 6.45) is 5.73. The van der Waals surface area contributed by atoms with Crippen LogP contribution < -0.4 is 20.2 Å². The number of rotatable bonds is 9. The number of aromatic nitrogens is 1. The number of ether oxygens (including phenoxy) is 2. The highest BCUT2D eigenvalue weighted by Gasteiger charge is 2.28. The fourth-order valence-corrected chi connectivity index (χ4v) is 6.59. The molecule has 1 aliphatic rings. The van der Waals surface area contributed by atoms with E-state index in [0.29, 0.717) is 11.5 Å². The van der Waals surface area contributed by atoms with Gasteiger partial charge in [-0.2, -0.15) is 5.10 Å². The Balaban J connectivity index is 1.35. The summed E-state index contributed by atoms with van der Waals surface area (Å²) in [7, 11) is 1.55. The van der Waals surface area contributed by atoms with Crippen molar-refractivity contribution in [2.75, 3.05) is 19.0 Å². The van der Waals surface area contributed by atoms with E-state index in [1.807, 2.05) is 63.2 Å². The fourth-order valence-electron chi connectivity index (χ4n) is 5.09. The highest BCUT2D eigenvalue weighted by Crippen LogP contribution is 2.39. The number of hydrazone groups is 1. The zero-order valence-corrected chi connectivity index (χ0v) is 24.6. The van der Waals surface area contributed by atoms with Crippen molar-refractivity contribution in [2.45, 2.75) is 46.5 Å². The second-order valence-electron chi connectivity index (χ2n) is 10.1. The molecule has 0 unspecified atom stereocenters. The molecule has 0 spiro atoms. The number of hydrogen-bond acceptors (Lipinski definition) is 6.